The Morgan fingerprint density at radius 2 is 2.50 bits per heavy atom. The highest BCUT2D eigenvalue weighted by Crippen LogP contribution is 2.15. The molecular weight excluding hydrogens is 202 g/mol. The van der Waals surface area contributed by atoms with Crippen LogP contribution in [0.4, 0.5) is 0 Å². The van der Waals surface area contributed by atoms with Gasteiger partial charge < -0.3 is 10.1 Å². The molecule has 1 aromatic heterocycles. The van der Waals surface area contributed by atoms with E-state index in [0.717, 1.165) is 25.1 Å². The predicted octanol–water partition coefficient (Wildman–Crippen LogP) is 1.18. The van der Waals surface area contributed by atoms with E-state index in [4.69, 9.17) is 16.3 Å². The zero-order chi connectivity index (χ0) is 9.97. The van der Waals surface area contributed by atoms with Crippen molar-refractivity contribution in [1.82, 2.24) is 15.3 Å². The van der Waals surface area contributed by atoms with E-state index in [1.54, 1.807) is 6.20 Å². The average molecular weight is 214 g/mol. The molecule has 2 rings (SSSR count). The van der Waals surface area contributed by atoms with Gasteiger partial charge in [-0.1, -0.05) is 11.6 Å². The van der Waals surface area contributed by atoms with Crippen molar-refractivity contribution < 1.29 is 4.74 Å². The number of aryl methyl sites for hydroxylation is 1. The molecule has 1 unspecified atom stereocenters. The summed E-state index contributed by atoms with van der Waals surface area (Å²) in [7, 11) is 0. The van der Waals surface area contributed by atoms with Crippen LogP contribution in [0.5, 0.6) is 6.01 Å². The lowest BCUT2D eigenvalue weighted by Gasteiger charge is -2.10. The summed E-state index contributed by atoms with van der Waals surface area (Å²) in [6.07, 6.45) is 2.84. The van der Waals surface area contributed by atoms with Crippen molar-refractivity contribution in [3.63, 3.8) is 0 Å². The van der Waals surface area contributed by atoms with E-state index in [9.17, 15) is 0 Å². The molecule has 1 fully saturated rings. The second kappa shape index (κ2) is 4.11. The zero-order valence-electron chi connectivity index (χ0n) is 7.96. The molecule has 0 bridgehead atoms. The highest BCUT2D eigenvalue weighted by Gasteiger charge is 2.17. The van der Waals surface area contributed by atoms with Gasteiger partial charge in [-0.15, -0.1) is 0 Å². The fourth-order valence-corrected chi connectivity index (χ4v) is 1.46. The SMILES string of the molecule is Cc1cnc(OC2CCNC2)nc1Cl. The Hall–Kier alpha value is -0.870. The van der Waals surface area contributed by atoms with Crippen molar-refractivity contribution in [2.75, 3.05) is 13.1 Å². The summed E-state index contributed by atoms with van der Waals surface area (Å²) in [5, 5.41) is 3.66. The first kappa shape index (κ1) is 9.68. The summed E-state index contributed by atoms with van der Waals surface area (Å²) >= 11 is 5.85. The number of aromatic nitrogens is 2. The number of rotatable bonds is 2. The van der Waals surface area contributed by atoms with Gasteiger partial charge in [0.1, 0.15) is 11.3 Å². The van der Waals surface area contributed by atoms with E-state index in [1.807, 2.05) is 6.92 Å². The first-order valence-corrected chi connectivity index (χ1v) is 5.00. The molecule has 14 heavy (non-hydrogen) atoms. The largest absolute Gasteiger partial charge is 0.459 e. The van der Waals surface area contributed by atoms with Gasteiger partial charge in [0.2, 0.25) is 0 Å². The molecule has 0 amide bonds. The number of halogens is 1. The van der Waals surface area contributed by atoms with Crippen LogP contribution in [0.15, 0.2) is 6.20 Å². The number of nitrogens with one attached hydrogen (secondary N) is 1. The Bertz CT molecular complexity index is 326. The minimum absolute atomic E-state index is 0.175. The fourth-order valence-electron chi connectivity index (χ4n) is 1.34. The maximum absolute atomic E-state index is 5.85. The molecule has 1 aliphatic rings. The molecule has 5 heteroatoms. The molecule has 0 radical (unpaired) electrons. The van der Waals surface area contributed by atoms with E-state index in [1.165, 1.54) is 0 Å². The summed E-state index contributed by atoms with van der Waals surface area (Å²) in [5.74, 6) is 0. The van der Waals surface area contributed by atoms with E-state index in [0.29, 0.717) is 11.2 Å². The predicted molar refractivity (Wildman–Crippen MR) is 53.7 cm³/mol. The van der Waals surface area contributed by atoms with Gasteiger partial charge in [-0.2, -0.15) is 4.98 Å². The van der Waals surface area contributed by atoms with Crippen LogP contribution in [0.1, 0.15) is 12.0 Å². The molecular formula is C9H12ClN3O. The summed E-state index contributed by atoms with van der Waals surface area (Å²) in [6.45, 7) is 3.71. The van der Waals surface area contributed by atoms with Gasteiger partial charge in [0.25, 0.3) is 0 Å². The average Bonchev–Trinajstić information content (AvgIpc) is 2.64. The van der Waals surface area contributed by atoms with Crippen molar-refractivity contribution in [3.8, 4) is 6.01 Å². The normalized spacial score (nSPS) is 21.1. The minimum Gasteiger partial charge on any atom is -0.459 e. The van der Waals surface area contributed by atoms with E-state index in [-0.39, 0.29) is 6.10 Å². The van der Waals surface area contributed by atoms with Crippen LogP contribution in [0.25, 0.3) is 0 Å². The molecule has 76 valence electrons. The number of hydrogen-bond donors (Lipinski definition) is 1. The third-order valence-electron chi connectivity index (χ3n) is 2.18. The van der Waals surface area contributed by atoms with Gasteiger partial charge in [0.15, 0.2) is 0 Å². The Kier molecular flexibility index (Phi) is 2.84. The molecule has 1 saturated heterocycles. The Balaban J connectivity index is 2.05. The number of nitrogens with zero attached hydrogens (tertiary/aromatic N) is 2. The van der Waals surface area contributed by atoms with Crippen molar-refractivity contribution >= 4 is 11.6 Å². The van der Waals surface area contributed by atoms with Crippen LogP contribution in [-0.2, 0) is 0 Å². The standard InChI is InChI=1S/C9H12ClN3O/c1-6-4-12-9(13-8(6)10)14-7-2-3-11-5-7/h4,7,11H,2-3,5H2,1H3. The van der Waals surface area contributed by atoms with Gasteiger partial charge >= 0.3 is 6.01 Å². The molecule has 1 aliphatic heterocycles. The lowest BCUT2D eigenvalue weighted by molar-refractivity contribution is 0.204. The molecule has 1 N–H and O–H groups in total. The molecule has 2 heterocycles. The topological polar surface area (TPSA) is 47.0 Å². The van der Waals surface area contributed by atoms with Crippen LogP contribution in [-0.4, -0.2) is 29.2 Å². The Morgan fingerprint density at radius 3 is 3.14 bits per heavy atom. The van der Waals surface area contributed by atoms with Crippen molar-refractivity contribution in [3.05, 3.63) is 16.9 Å². The van der Waals surface area contributed by atoms with Crippen molar-refractivity contribution in [2.24, 2.45) is 0 Å². The molecule has 0 aliphatic carbocycles. The third-order valence-corrected chi connectivity index (χ3v) is 2.56. The monoisotopic (exact) mass is 213 g/mol. The second-order valence-electron chi connectivity index (χ2n) is 3.36. The van der Waals surface area contributed by atoms with Crippen molar-refractivity contribution in [1.29, 1.82) is 0 Å². The van der Waals surface area contributed by atoms with Crippen molar-refractivity contribution in [2.45, 2.75) is 19.4 Å². The van der Waals surface area contributed by atoms with Crippen LogP contribution in [0, 0.1) is 6.92 Å². The lowest BCUT2D eigenvalue weighted by atomic mass is 10.3. The van der Waals surface area contributed by atoms with Gasteiger partial charge in [-0.3, -0.25) is 0 Å². The smallest absolute Gasteiger partial charge is 0.318 e. The number of ether oxygens (including phenoxy) is 1. The van der Waals surface area contributed by atoms with Gasteiger partial charge in [0, 0.05) is 18.3 Å². The van der Waals surface area contributed by atoms with Crippen LogP contribution < -0.4 is 10.1 Å². The van der Waals surface area contributed by atoms with E-state index < -0.39 is 0 Å². The minimum atomic E-state index is 0.175. The third kappa shape index (κ3) is 2.13. The summed E-state index contributed by atoms with van der Waals surface area (Å²) < 4.78 is 5.54. The lowest BCUT2D eigenvalue weighted by Crippen LogP contribution is -2.20. The molecule has 0 saturated carbocycles. The quantitative estimate of drug-likeness (QED) is 0.750. The second-order valence-corrected chi connectivity index (χ2v) is 3.72. The molecule has 0 aromatic carbocycles. The van der Waals surface area contributed by atoms with E-state index >= 15 is 0 Å². The maximum atomic E-state index is 5.85. The Morgan fingerprint density at radius 1 is 1.64 bits per heavy atom. The first-order chi connectivity index (χ1) is 6.75. The van der Waals surface area contributed by atoms with Crippen LogP contribution in [0.3, 0.4) is 0 Å². The molecule has 1 aromatic rings. The molecule has 4 nitrogen and oxygen atoms in total. The highest BCUT2D eigenvalue weighted by molar-refractivity contribution is 6.30. The van der Waals surface area contributed by atoms with Gasteiger partial charge in [-0.25, -0.2) is 4.98 Å². The molecule has 1 atom stereocenters. The van der Waals surface area contributed by atoms with E-state index in [2.05, 4.69) is 15.3 Å². The fraction of sp³-hybridized carbons (Fsp3) is 0.556. The molecule has 0 spiro atoms. The zero-order valence-corrected chi connectivity index (χ0v) is 8.71. The highest BCUT2D eigenvalue weighted by atomic mass is 35.5. The van der Waals surface area contributed by atoms with Gasteiger partial charge in [0.05, 0.1) is 0 Å². The maximum Gasteiger partial charge on any atom is 0.318 e. The first-order valence-electron chi connectivity index (χ1n) is 4.62. The summed E-state index contributed by atoms with van der Waals surface area (Å²) in [6, 6.07) is 0.370. The van der Waals surface area contributed by atoms with Crippen LogP contribution >= 0.6 is 11.6 Å². The summed E-state index contributed by atoms with van der Waals surface area (Å²) in [5.41, 5.74) is 0.864. The van der Waals surface area contributed by atoms with Crippen LogP contribution in [0.2, 0.25) is 5.15 Å². The van der Waals surface area contributed by atoms with Gasteiger partial charge in [-0.05, 0) is 19.9 Å². The number of hydrogen-bond acceptors (Lipinski definition) is 4. The summed E-state index contributed by atoms with van der Waals surface area (Å²) in [4.78, 5) is 8.10. The Labute approximate surface area is 87.7 Å².